The third-order valence-corrected chi connectivity index (χ3v) is 3.04. The predicted molar refractivity (Wildman–Crippen MR) is 83.2 cm³/mol. The van der Waals surface area contributed by atoms with E-state index in [1.165, 1.54) is 0 Å². The first-order chi connectivity index (χ1) is 10.2. The molecule has 1 N–H and O–H groups in total. The van der Waals surface area contributed by atoms with Gasteiger partial charge in [0.05, 0.1) is 20.1 Å². The Morgan fingerprint density at radius 2 is 1.67 bits per heavy atom. The third-order valence-electron chi connectivity index (χ3n) is 2.79. The first kappa shape index (κ1) is 15.2. The first-order valence-electron chi connectivity index (χ1n) is 6.49. The number of hydrogen-bond donors (Lipinski definition) is 1. The van der Waals surface area contributed by atoms with E-state index in [2.05, 4.69) is 5.32 Å². The van der Waals surface area contributed by atoms with Gasteiger partial charge in [0.1, 0.15) is 11.5 Å². The van der Waals surface area contributed by atoms with E-state index in [1.54, 1.807) is 55.6 Å². The van der Waals surface area contributed by atoms with Crippen LogP contribution >= 0.6 is 11.6 Å². The molecule has 0 heterocycles. The predicted octanol–water partition coefficient (Wildman–Crippen LogP) is 3.76. The van der Waals surface area contributed by atoms with Crippen LogP contribution in [0, 0.1) is 0 Å². The monoisotopic (exact) mass is 305 g/mol. The summed E-state index contributed by atoms with van der Waals surface area (Å²) in [5, 5.41) is 3.45. The Bertz CT molecular complexity index is 581. The molecule has 0 unspecified atom stereocenters. The van der Waals surface area contributed by atoms with Gasteiger partial charge in [0, 0.05) is 10.7 Å². The van der Waals surface area contributed by atoms with Gasteiger partial charge >= 0.3 is 0 Å². The maximum atomic E-state index is 11.8. The quantitative estimate of drug-likeness (QED) is 0.884. The first-order valence-corrected chi connectivity index (χ1v) is 6.87. The van der Waals surface area contributed by atoms with E-state index < -0.39 is 0 Å². The molecule has 2 aromatic rings. The second-order valence-corrected chi connectivity index (χ2v) is 4.77. The Morgan fingerprint density at radius 3 is 2.29 bits per heavy atom. The smallest absolute Gasteiger partial charge is 0.227 e. The number of carbonyl (C=O) groups excluding carboxylic acids is 1. The zero-order chi connectivity index (χ0) is 15.1. The molecule has 0 spiro atoms. The normalized spacial score (nSPS) is 10.0. The Balaban J connectivity index is 1.75. The summed E-state index contributed by atoms with van der Waals surface area (Å²) in [6, 6.07) is 14.2. The molecule has 0 atom stereocenters. The largest absolute Gasteiger partial charge is 0.497 e. The maximum absolute atomic E-state index is 11.8. The number of benzene rings is 2. The van der Waals surface area contributed by atoms with Crippen LogP contribution in [0.5, 0.6) is 11.5 Å². The molecule has 21 heavy (non-hydrogen) atoms. The highest BCUT2D eigenvalue weighted by atomic mass is 35.5. The number of amides is 1. The molecule has 0 aliphatic rings. The summed E-state index contributed by atoms with van der Waals surface area (Å²) >= 11 is 5.78. The Labute approximate surface area is 128 Å². The van der Waals surface area contributed by atoms with Gasteiger partial charge in [-0.15, -0.1) is 0 Å². The number of nitrogens with one attached hydrogen (secondary N) is 1. The molecule has 0 aromatic heterocycles. The highest BCUT2D eigenvalue weighted by Gasteiger charge is 2.03. The fraction of sp³-hybridized carbons (Fsp3) is 0.188. The van der Waals surface area contributed by atoms with Crippen molar-refractivity contribution in [3.05, 3.63) is 53.6 Å². The van der Waals surface area contributed by atoms with Crippen LogP contribution in [-0.2, 0) is 4.79 Å². The van der Waals surface area contributed by atoms with Crippen molar-refractivity contribution in [1.29, 1.82) is 0 Å². The van der Waals surface area contributed by atoms with Crippen molar-refractivity contribution in [1.82, 2.24) is 0 Å². The summed E-state index contributed by atoms with van der Waals surface area (Å²) in [7, 11) is 1.60. The van der Waals surface area contributed by atoms with Gasteiger partial charge in [0.25, 0.3) is 0 Å². The van der Waals surface area contributed by atoms with Crippen LogP contribution in [0.1, 0.15) is 6.42 Å². The topological polar surface area (TPSA) is 47.6 Å². The molecule has 0 radical (unpaired) electrons. The Hall–Kier alpha value is -2.20. The number of ether oxygens (including phenoxy) is 2. The molecular weight excluding hydrogens is 290 g/mol. The summed E-state index contributed by atoms with van der Waals surface area (Å²) in [5.74, 6) is 1.34. The van der Waals surface area contributed by atoms with Crippen LogP contribution in [0.3, 0.4) is 0 Å². The van der Waals surface area contributed by atoms with Gasteiger partial charge in [-0.1, -0.05) is 11.6 Å². The molecule has 0 aliphatic heterocycles. The van der Waals surface area contributed by atoms with Crippen LogP contribution in [-0.4, -0.2) is 19.6 Å². The molecule has 0 aliphatic carbocycles. The Morgan fingerprint density at radius 1 is 1.05 bits per heavy atom. The third kappa shape index (κ3) is 5.00. The number of rotatable bonds is 6. The molecule has 0 bridgehead atoms. The van der Waals surface area contributed by atoms with E-state index in [0.29, 0.717) is 17.4 Å². The van der Waals surface area contributed by atoms with Crippen molar-refractivity contribution < 1.29 is 14.3 Å². The van der Waals surface area contributed by atoms with Gasteiger partial charge in [-0.05, 0) is 48.5 Å². The van der Waals surface area contributed by atoms with E-state index in [4.69, 9.17) is 21.1 Å². The zero-order valence-electron chi connectivity index (χ0n) is 11.6. The standard InChI is InChI=1S/C16H16ClNO3/c1-20-14-8-4-13(5-9-14)18-16(19)10-11-21-15-6-2-12(17)3-7-15/h2-9H,10-11H2,1H3,(H,18,19). The summed E-state index contributed by atoms with van der Waals surface area (Å²) in [5.41, 5.74) is 0.729. The fourth-order valence-electron chi connectivity index (χ4n) is 1.69. The molecule has 0 saturated heterocycles. The molecule has 0 fully saturated rings. The minimum Gasteiger partial charge on any atom is -0.497 e. The minimum absolute atomic E-state index is 0.103. The van der Waals surface area contributed by atoms with Gasteiger partial charge < -0.3 is 14.8 Å². The van der Waals surface area contributed by atoms with E-state index in [-0.39, 0.29) is 12.3 Å². The molecule has 1 amide bonds. The average molecular weight is 306 g/mol. The number of hydrogen-bond acceptors (Lipinski definition) is 3. The van der Waals surface area contributed by atoms with Crippen molar-refractivity contribution >= 4 is 23.2 Å². The van der Waals surface area contributed by atoms with Crippen LogP contribution in [0.4, 0.5) is 5.69 Å². The lowest BCUT2D eigenvalue weighted by molar-refractivity contribution is -0.116. The lowest BCUT2D eigenvalue weighted by Gasteiger charge is -2.08. The van der Waals surface area contributed by atoms with Gasteiger partial charge in [0.2, 0.25) is 5.91 Å². The summed E-state index contributed by atoms with van der Waals surface area (Å²) in [6.45, 7) is 0.309. The highest BCUT2D eigenvalue weighted by molar-refractivity contribution is 6.30. The molecular formula is C16H16ClNO3. The number of methoxy groups -OCH3 is 1. The van der Waals surface area contributed by atoms with E-state index in [9.17, 15) is 4.79 Å². The van der Waals surface area contributed by atoms with Crippen molar-refractivity contribution in [2.75, 3.05) is 19.0 Å². The van der Waals surface area contributed by atoms with Crippen molar-refractivity contribution in [3.8, 4) is 11.5 Å². The van der Waals surface area contributed by atoms with Crippen LogP contribution in [0.25, 0.3) is 0 Å². The van der Waals surface area contributed by atoms with Crippen LogP contribution < -0.4 is 14.8 Å². The van der Waals surface area contributed by atoms with Crippen LogP contribution in [0.15, 0.2) is 48.5 Å². The molecule has 4 nitrogen and oxygen atoms in total. The van der Waals surface area contributed by atoms with Crippen LogP contribution in [0.2, 0.25) is 5.02 Å². The van der Waals surface area contributed by atoms with Gasteiger partial charge in [-0.2, -0.15) is 0 Å². The van der Waals surface area contributed by atoms with Gasteiger partial charge in [-0.3, -0.25) is 4.79 Å². The SMILES string of the molecule is COc1ccc(NC(=O)CCOc2ccc(Cl)cc2)cc1. The van der Waals surface area contributed by atoms with Gasteiger partial charge in [0.15, 0.2) is 0 Å². The maximum Gasteiger partial charge on any atom is 0.227 e. The molecule has 0 saturated carbocycles. The Kier molecular flexibility index (Phi) is 5.46. The molecule has 110 valence electrons. The fourth-order valence-corrected chi connectivity index (χ4v) is 1.82. The number of anilines is 1. The number of halogens is 1. The average Bonchev–Trinajstić information content (AvgIpc) is 2.50. The number of carbonyl (C=O) groups is 1. The summed E-state index contributed by atoms with van der Waals surface area (Å²) < 4.78 is 10.5. The second kappa shape index (κ2) is 7.55. The summed E-state index contributed by atoms with van der Waals surface area (Å²) in [6.07, 6.45) is 0.272. The van der Waals surface area contributed by atoms with Gasteiger partial charge in [-0.25, -0.2) is 0 Å². The van der Waals surface area contributed by atoms with E-state index in [0.717, 1.165) is 11.4 Å². The van der Waals surface area contributed by atoms with E-state index in [1.807, 2.05) is 0 Å². The molecule has 2 rings (SSSR count). The molecule has 2 aromatic carbocycles. The van der Waals surface area contributed by atoms with Crippen molar-refractivity contribution in [2.45, 2.75) is 6.42 Å². The minimum atomic E-state index is -0.103. The molecule has 5 heteroatoms. The lowest BCUT2D eigenvalue weighted by atomic mass is 10.3. The zero-order valence-corrected chi connectivity index (χ0v) is 12.4. The van der Waals surface area contributed by atoms with Crippen molar-refractivity contribution in [2.24, 2.45) is 0 Å². The lowest BCUT2D eigenvalue weighted by Crippen LogP contribution is -2.15. The highest BCUT2D eigenvalue weighted by Crippen LogP contribution is 2.16. The van der Waals surface area contributed by atoms with Crippen molar-refractivity contribution in [3.63, 3.8) is 0 Å². The second-order valence-electron chi connectivity index (χ2n) is 4.33. The van der Waals surface area contributed by atoms with E-state index >= 15 is 0 Å². The summed E-state index contributed by atoms with van der Waals surface area (Å²) in [4.78, 5) is 11.8.